The van der Waals surface area contributed by atoms with E-state index in [1.54, 1.807) is 14.2 Å². The zero-order chi connectivity index (χ0) is 24.5. The van der Waals surface area contributed by atoms with E-state index in [0.717, 1.165) is 40.0 Å². The van der Waals surface area contributed by atoms with Crippen molar-refractivity contribution in [3.05, 3.63) is 102 Å². The third kappa shape index (κ3) is 4.02. The first-order chi connectivity index (χ1) is 17.0. The molecule has 0 bridgehead atoms. The lowest BCUT2D eigenvalue weighted by Crippen LogP contribution is -2.30. The molecule has 2 aromatic carbocycles. The van der Waals surface area contributed by atoms with Gasteiger partial charge in [0.1, 0.15) is 11.5 Å². The van der Waals surface area contributed by atoms with Gasteiger partial charge in [0.05, 0.1) is 37.7 Å². The van der Waals surface area contributed by atoms with Gasteiger partial charge in [0.15, 0.2) is 5.11 Å². The number of anilines is 1. The molecule has 2 aromatic heterocycles. The molecular weight excluding hydrogens is 456 g/mol. The lowest BCUT2D eigenvalue weighted by Gasteiger charge is -2.29. The second-order valence-corrected chi connectivity index (χ2v) is 8.92. The van der Waals surface area contributed by atoms with Gasteiger partial charge in [0.25, 0.3) is 0 Å². The molecule has 1 fully saturated rings. The Morgan fingerprint density at radius 2 is 1.66 bits per heavy atom. The zero-order valence-electron chi connectivity index (χ0n) is 20.2. The largest absolute Gasteiger partial charge is 0.497 e. The number of methoxy groups -OCH3 is 2. The molecule has 6 nitrogen and oxygen atoms in total. The third-order valence-corrected chi connectivity index (χ3v) is 6.88. The predicted octanol–water partition coefficient (Wildman–Crippen LogP) is 5.68. The van der Waals surface area contributed by atoms with Crippen LogP contribution in [0.15, 0.2) is 79.0 Å². The summed E-state index contributed by atoms with van der Waals surface area (Å²) in [6.07, 6.45) is 1.82. The summed E-state index contributed by atoms with van der Waals surface area (Å²) in [4.78, 5) is 6.84. The molecule has 0 spiro atoms. The minimum atomic E-state index is -0.126. The molecule has 3 heterocycles. The molecule has 0 radical (unpaired) electrons. The fourth-order valence-corrected chi connectivity index (χ4v) is 5.31. The van der Waals surface area contributed by atoms with Crippen molar-refractivity contribution in [1.82, 2.24) is 14.9 Å². The summed E-state index contributed by atoms with van der Waals surface area (Å²) >= 11 is 5.90. The number of ether oxygens (including phenoxy) is 2. The van der Waals surface area contributed by atoms with Crippen LogP contribution in [0.25, 0.3) is 5.69 Å². The van der Waals surface area contributed by atoms with Crippen LogP contribution < -0.4 is 19.7 Å². The summed E-state index contributed by atoms with van der Waals surface area (Å²) in [5, 5.41) is 4.19. The molecule has 1 aliphatic rings. The van der Waals surface area contributed by atoms with E-state index in [4.69, 9.17) is 21.7 Å². The van der Waals surface area contributed by atoms with Gasteiger partial charge in [-0.3, -0.25) is 4.98 Å². The second kappa shape index (κ2) is 9.43. The number of hydrogen-bond acceptors (Lipinski definition) is 4. The molecule has 5 rings (SSSR count). The van der Waals surface area contributed by atoms with E-state index < -0.39 is 0 Å². The smallest absolute Gasteiger partial charge is 0.174 e. The fraction of sp³-hybridized carbons (Fsp3) is 0.214. The zero-order valence-corrected chi connectivity index (χ0v) is 21.0. The first-order valence-corrected chi connectivity index (χ1v) is 11.9. The molecule has 0 saturated carbocycles. The van der Waals surface area contributed by atoms with Gasteiger partial charge in [-0.1, -0.05) is 18.2 Å². The van der Waals surface area contributed by atoms with Crippen LogP contribution in [0, 0.1) is 13.8 Å². The highest BCUT2D eigenvalue weighted by Gasteiger charge is 2.43. The van der Waals surface area contributed by atoms with Gasteiger partial charge >= 0.3 is 0 Å². The highest BCUT2D eigenvalue weighted by Crippen LogP contribution is 2.46. The lowest BCUT2D eigenvalue weighted by atomic mass is 9.96. The van der Waals surface area contributed by atoms with Gasteiger partial charge in [0, 0.05) is 23.3 Å². The molecule has 178 valence electrons. The first kappa shape index (κ1) is 22.9. The number of benzene rings is 2. The van der Waals surface area contributed by atoms with Crippen molar-refractivity contribution in [3.8, 4) is 17.2 Å². The molecule has 0 aliphatic carbocycles. The van der Waals surface area contributed by atoms with Gasteiger partial charge < -0.3 is 24.3 Å². The number of aromatic nitrogens is 2. The molecule has 1 N–H and O–H groups in total. The first-order valence-electron chi connectivity index (χ1n) is 11.5. The van der Waals surface area contributed by atoms with Crippen LogP contribution in [0.4, 0.5) is 5.69 Å². The van der Waals surface area contributed by atoms with Crippen LogP contribution in [0.5, 0.6) is 11.5 Å². The van der Waals surface area contributed by atoms with E-state index in [-0.39, 0.29) is 12.1 Å². The van der Waals surface area contributed by atoms with Crippen molar-refractivity contribution in [1.29, 1.82) is 0 Å². The van der Waals surface area contributed by atoms with Crippen LogP contribution in [-0.2, 0) is 0 Å². The van der Waals surface area contributed by atoms with Crippen molar-refractivity contribution < 1.29 is 9.47 Å². The topological polar surface area (TPSA) is 51.5 Å². The lowest BCUT2D eigenvalue weighted by molar-refractivity contribution is 0.414. The normalized spacial score (nSPS) is 17.4. The molecule has 2 atom stereocenters. The van der Waals surface area contributed by atoms with Crippen molar-refractivity contribution in [2.24, 2.45) is 0 Å². The number of rotatable bonds is 6. The van der Waals surface area contributed by atoms with E-state index in [0.29, 0.717) is 5.11 Å². The Hall–Kier alpha value is -3.84. The number of aryl methyl sites for hydroxylation is 1. The quantitative estimate of drug-likeness (QED) is 0.355. The summed E-state index contributed by atoms with van der Waals surface area (Å²) < 4.78 is 13.3. The maximum Gasteiger partial charge on any atom is 0.174 e. The van der Waals surface area contributed by atoms with Gasteiger partial charge in [-0.05, 0) is 86.2 Å². The molecule has 1 aliphatic heterocycles. The van der Waals surface area contributed by atoms with E-state index in [1.165, 1.54) is 5.56 Å². The average molecular weight is 485 g/mol. The van der Waals surface area contributed by atoms with Crippen LogP contribution in [-0.4, -0.2) is 28.9 Å². The Bertz CT molecular complexity index is 1350. The van der Waals surface area contributed by atoms with Crippen LogP contribution >= 0.6 is 12.2 Å². The summed E-state index contributed by atoms with van der Waals surface area (Å²) in [5.74, 6) is 1.60. The minimum Gasteiger partial charge on any atom is -0.497 e. The number of thiocarbonyl (C=S) groups is 1. The second-order valence-electron chi connectivity index (χ2n) is 8.53. The van der Waals surface area contributed by atoms with Crippen molar-refractivity contribution >= 4 is 23.0 Å². The highest BCUT2D eigenvalue weighted by atomic mass is 32.1. The van der Waals surface area contributed by atoms with E-state index in [2.05, 4.69) is 51.8 Å². The summed E-state index contributed by atoms with van der Waals surface area (Å²) in [7, 11) is 3.37. The number of nitrogens with one attached hydrogen (secondary N) is 1. The Kier molecular flexibility index (Phi) is 6.17. The van der Waals surface area contributed by atoms with Gasteiger partial charge in [-0.2, -0.15) is 0 Å². The minimum absolute atomic E-state index is 0.119. The van der Waals surface area contributed by atoms with Gasteiger partial charge in [-0.15, -0.1) is 0 Å². The number of hydrogen-bond donors (Lipinski definition) is 1. The Morgan fingerprint density at radius 3 is 2.34 bits per heavy atom. The maximum atomic E-state index is 5.90. The molecule has 0 unspecified atom stereocenters. The standard InChI is InChI=1S/C28H28N4O2S/c1-18-17-22(19(2)31(18)20-12-14-21(33-3)15-13-20)27-26(23-9-7-8-16-29-23)30-28(35)32(27)24-10-5-6-11-25(24)34-4/h5-17,26-27H,1-4H3,(H,30,35)/t26-,27+/m0/s1. The molecular formula is C28H28N4O2S. The van der Waals surface area contributed by atoms with E-state index in [9.17, 15) is 0 Å². The third-order valence-electron chi connectivity index (χ3n) is 6.56. The van der Waals surface area contributed by atoms with Crippen LogP contribution in [0.1, 0.15) is 34.7 Å². The summed E-state index contributed by atoms with van der Waals surface area (Å²) in [6.45, 7) is 4.29. The Labute approximate surface area is 211 Å². The van der Waals surface area contributed by atoms with Gasteiger partial charge in [-0.25, -0.2) is 0 Å². The maximum absolute atomic E-state index is 5.90. The monoisotopic (exact) mass is 484 g/mol. The van der Waals surface area contributed by atoms with Crippen LogP contribution in [0.3, 0.4) is 0 Å². The molecule has 7 heteroatoms. The Balaban J connectivity index is 1.68. The fourth-order valence-electron chi connectivity index (χ4n) is 4.97. The number of pyridine rings is 1. The SMILES string of the molecule is COc1ccc(-n2c(C)cc([C@@H]3[C@H](c4ccccn4)NC(=S)N3c3ccccc3OC)c2C)cc1. The molecule has 35 heavy (non-hydrogen) atoms. The molecule has 1 saturated heterocycles. The molecule has 4 aromatic rings. The van der Waals surface area contributed by atoms with E-state index >= 15 is 0 Å². The number of nitrogens with zero attached hydrogens (tertiary/aromatic N) is 3. The molecule has 0 amide bonds. The highest BCUT2D eigenvalue weighted by molar-refractivity contribution is 7.80. The Morgan fingerprint density at radius 1 is 0.914 bits per heavy atom. The van der Waals surface area contributed by atoms with E-state index in [1.807, 2.05) is 60.8 Å². The average Bonchev–Trinajstić information content (AvgIpc) is 3.39. The van der Waals surface area contributed by atoms with Crippen LogP contribution in [0.2, 0.25) is 0 Å². The van der Waals surface area contributed by atoms with Crippen molar-refractivity contribution in [2.45, 2.75) is 25.9 Å². The summed E-state index contributed by atoms with van der Waals surface area (Å²) in [5.41, 5.74) is 6.40. The summed E-state index contributed by atoms with van der Waals surface area (Å²) in [6, 6.07) is 24.1. The van der Waals surface area contributed by atoms with Crippen molar-refractivity contribution in [2.75, 3.05) is 19.1 Å². The van der Waals surface area contributed by atoms with Gasteiger partial charge in [0.2, 0.25) is 0 Å². The predicted molar refractivity (Wildman–Crippen MR) is 143 cm³/mol. The van der Waals surface area contributed by atoms with Crippen molar-refractivity contribution in [3.63, 3.8) is 0 Å². The number of para-hydroxylation sites is 2.